The van der Waals surface area contributed by atoms with Gasteiger partial charge in [0.25, 0.3) is 0 Å². The van der Waals surface area contributed by atoms with E-state index in [9.17, 15) is 4.39 Å². The monoisotopic (exact) mass is 461 g/mol. The molecule has 4 atom stereocenters. The van der Waals surface area contributed by atoms with E-state index in [1.54, 1.807) is 18.5 Å². The van der Waals surface area contributed by atoms with Crippen molar-refractivity contribution in [1.29, 1.82) is 0 Å². The van der Waals surface area contributed by atoms with Crippen LogP contribution in [0, 0.1) is 24.6 Å². The molecule has 6 rings (SSSR count). The average Bonchev–Trinajstić information content (AvgIpc) is 3.25. The molecule has 2 aliphatic heterocycles. The Hall–Kier alpha value is -3.03. The van der Waals surface area contributed by atoms with E-state index in [1.807, 2.05) is 19.1 Å². The summed E-state index contributed by atoms with van der Waals surface area (Å²) in [5.74, 6) is 4.14. The van der Waals surface area contributed by atoms with Gasteiger partial charge in [0.1, 0.15) is 23.8 Å². The van der Waals surface area contributed by atoms with E-state index in [0.29, 0.717) is 23.8 Å². The van der Waals surface area contributed by atoms with E-state index in [1.165, 1.54) is 19.3 Å². The molecule has 0 radical (unpaired) electrons. The van der Waals surface area contributed by atoms with Crippen molar-refractivity contribution in [2.45, 2.75) is 64.0 Å². The maximum atomic E-state index is 13.4. The van der Waals surface area contributed by atoms with E-state index >= 15 is 0 Å². The quantitative estimate of drug-likeness (QED) is 0.609. The summed E-state index contributed by atoms with van der Waals surface area (Å²) in [4.78, 5) is 16.2. The number of anilines is 2. The number of aromatic nitrogens is 5. The van der Waals surface area contributed by atoms with Crippen molar-refractivity contribution < 1.29 is 4.39 Å². The number of halogens is 1. The third-order valence-electron chi connectivity index (χ3n) is 7.88. The summed E-state index contributed by atoms with van der Waals surface area (Å²) in [5.41, 5.74) is 2.17. The molecule has 3 aliphatic rings. The zero-order valence-electron chi connectivity index (χ0n) is 19.7. The van der Waals surface area contributed by atoms with Gasteiger partial charge >= 0.3 is 0 Å². The number of hydrogen-bond donors (Lipinski definition) is 1. The summed E-state index contributed by atoms with van der Waals surface area (Å²) >= 11 is 0. The van der Waals surface area contributed by atoms with Crippen LogP contribution in [0.4, 0.5) is 16.2 Å². The summed E-state index contributed by atoms with van der Waals surface area (Å²) < 4.78 is 15.5. The SMILES string of the molecule is Cc1cc(N2C[C@H]3CC[C@@H](C2)C3Nc2nc3n(n2)CCCC[C@H]3Cc2ccc(F)cc2)ncn1. The van der Waals surface area contributed by atoms with E-state index < -0.39 is 0 Å². The molecule has 1 unspecified atom stereocenters. The fourth-order valence-electron chi connectivity index (χ4n) is 6.17. The zero-order valence-corrected chi connectivity index (χ0v) is 19.7. The lowest BCUT2D eigenvalue weighted by Gasteiger charge is -2.38. The Kier molecular flexibility index (Phi) is 5.67. The highest BCUT2D eigenvalue weighted by molar-refractivity contribution is 5.41. The van der Waals surface area contributed by atoms with E-state index in [2.05, 4.69) is 30.9 Å². The van der Waals surface area contributed by atoms with Crippen molar-refractivity contribution in [3.8, 4) is 0 Å². The van der Waals surface area contributed by atoms with Gasteiger partial charge < -0.3 is 10.2 Å². The zero-order chi connectivity index (χ0) is 23.1. The summed E-state index contributed by atoms with van der Waals surface area (Å²) in [6.45, 7) is 4.95. The Morgan fingerprint density at radius 2 is 1.82 bits per heavy atom. The van der Waals surface area contributed by atoms with Crippen LogP contribution in [-0.2, 0) is 13.0 Å². The minimum atomic E-state index is -0.185. The Bertz CT molecular complexity index is 1130. The molecule has 2 aromatic heterocycles. The second-order valence-electron chi connectivity index (χ2n) is 10.2. The van der Waals surface area contributed by atoms with Crippen LogP contribution in [0.2, 0.25) is 0 Å². The molecule has 0 spiro atoms. The third kappa shape index (κ3) is 4.26. The molecule has 0 amide bonds. The van der Waals surface area contributed by atoms with Crippen molar-refractivity contribution in [3.05, 3.63) is 59.6 Å². The summed E-state index contributed by atoms with van der Waals surface area (Å²) in [7, 11) is 0. The summed E-state index contributed by atoms with van der Waals surface area (Å²) in [6, 6.07) is 9.38. The Balaban J connectivity index is 1.17. The predicted octanol–water partition coefficient (Wildman–Crippen LogP) is 4.35. The number of piperidine rings is 1. The summed E-state index contributed by atoms with van der Waals surface area (Å²) in [6.07, 6.45) is 8.38. The van der Waals surface area contributed by atoms with Crippen LogP contribution in [0.25, 0.3) is 0 Å². The van der Waals surface area contributed by atoms with Crippen LogP contribution in [0.3, 0.4) is 0 Å². The van der Waals surface area contributed by atoms with Crippen LogP contribution in [0.1, 0.15) is 55.1 Å². The molecule has 1 aliphatic carbocycles. The molecule has 2 fully saturated rings. The smallest absolute Gasteiger partial charge is 0.242 e. The van der Waals surface area contributed by atoms with Crippen LogP contribution in [0.5, 0.6) is 0 Å². The molecule has 2 bridgehead atoms. The van der Waals surface area contributed by atoms with Gasteiger partial charge in [0, 0.05) is 43.4 Å². The summed E-state index contributed by atoms with van der Waals surface area (Å²) in [5, 5.41) is 8.64. The second-order valence-corrected chi connectivity index (χ2v) is 10.2. The third-order valence-corrected chi connectivity index (χ3v) is 7.88. The van der Waals surface area contributed by atoms with Gasteiger partial charge in [-0.3, -0.25) is 0 Å². The highest BCUT2D eigenvalue weighted by Crippen LogP contribution is 2.40. The molecular formula is C26H32FN7. The highest BCUT2D eigenvalue weighted by atomic mass is 19.1. The van der Waals surface area contributed by atoms with Gasteiger partial charge in [-0.1, -0.05) is 18.6 Å². The highest BCUT2D eigenvalue weighted by Gasteiger charge is 2.43. The first-order valence-electron chi connectivity index (χ1n) is 12.6. The van der Waals surface area contributed by atoms with Crippen molar-refractivity contribution in [3.63, 3.8) is 0 Å². The molecule has 1 N–H and O–H groups in total. The van der Waals surface area contributed by atoms with Crippen molar-refractivity contribution >= 4 is 11.8 Å². The molecule has 3 aromatic rings. The van der Waals surface area contributed by atoms with Crippen LogP contribution < -0.4 is 10.2 Å². The van der Waals surface area contributed by atoms with Gasteiger partial charge in [-0.2, -0.15) is 4.98 Å². The first kappa shape index (κ1) is 21.5. The number of nitrogens with one attached hydrogen (secondary N) is 1. The first-order valence-corrected chi connectivity index (χ1v) is 12.6. The minimum absolute atomic E-state index is 0.185. The van der Waals surface area contributed by atoms with Crippen molar-refractivity contribution in [1.82, 2.24) is 24.7 Å². The van der Waals surface area contributed by atoms with E-state index in [-0.39, 0.29) is 5.82 Å². The number of hydrogen-bond acceptors (Lipinski definition) is 6. The molecule has 1 saturated heterocycles. The molecule has 7 nitrogen and oxygen atoms in total. The minimum Gasteiger partial charge on any atom is -0.356 e. The largest absolute Gasteiger partial charge is 0.356 e. The maximum absolute atomic E-state index is 13.4. The van der Waals surface area contributed by atoms with E-state index in [4.69, 9.17) is 10.1 Å². The fourth-order valence-corrected chi connectivity index (χ4v) is 6.17. The van der Waals surface area contributed by atoms with Crippen LogP contribution in [0.15, 0.2) is 36.7 Å². The lowest BCUT2D eigenvalue weighted by atomic mass is 9.92. The number of rotatable bonds is 5. The van der Waals surface area contributed by atoms with Crippen molar-refractivity contribution in [2.24, 2.45) is 11.8 Å². The topological polar surface area (TPSA) is 71.8 Å². The normalized spacial score (nSPS) is 26.2. The standard InChI is InChI=1S/C26H32FN7/c1-17-12-23(29-16-28-17)33-14-20-7-8-21(15-33)24(20)30-26-31-25-19(4-2-3-11-34(25)32-26)13-18-5-9-22(27)10-6-18/h5-6,9-10,12,16,19-21,24H,2-4,7-8,11,13-15H2,1H3,(H,30,32)/t19-,20-,21+,24?/m0/s1. The number of fused-ring (bicyclic) bond motifs is 3. The average molecular weight is 462 g/mol. The van der Waals surface area contributed by atoms with Crippen molar-refractivity contribution in [2.75, 3.05) is 23.3 Å². The van der Waals surface area contributed by atoms with Gasteiger partial charge in [-0.15, -0.1) is 5.10 Å². The second kappa shape index (κ2) is 8.96. The van der Waals surface area contributed by atoms with E-state index in [0.717, 1.165) is 67.7 Å². The lowest BCUT2D eigenvalue weighted by Crippen LogP contribution is -2.48. The fraction of sp³-hybridized carbons (Fsp3) is 0.538. The Morgan fingerprint density at radius 1 is 1.03 bits per heavy atom. The molecule has 1 saturated carbocycles. The molecule has 1 aromatic carbocycles. The predicted molar refractivity (Wildman–Crippen MR) is 129 cm³/mol. The Morgan fingerprint density at radius 3 is 2.59 bits per heavy atom. The molecule has 4 heterocycles. The number of nitrogens with zero attached hydrogens (tertiary/aromatic N) is 6. The number of benzene rings is 1. The Labute approximate surface area is 199 Å². The number of aryl methyl sites for hydroxylation is 2. The molecule has 8 heteroatoms. The lowest BCUT2D eigenvalue weighted by molar-refractivity contribution is 0.374. The van der Waals surface area contributed by atoms with Gasteiger partial charge in [0.15, 0.2) is 0 Å². The molecule has 34 heavy (non-hydrogen) atoms. The van der Waals surface area contributed by atoms with Gasteiger partial charge in [0.05, 0.1) is 0 Å². The molecule has 178 valence electrons. The van der Waals surface area contributed by atoms with Gasteiger partial charge in [-0.25, -0.2) is 19.0 Å². The molecular weight excluding hydrogens is 429 g/mol. The van der Waals surface area contributed by atoms with Crippen LogP contribution >= 0.6 is 0 Å². The maximum Gasteiger partial charge on any atom is 0.242 e. The first-order chi connectivity index (χ1) is 16.6. The van der Waals surface area contributed by atoms with Gasteiger partial charge in [-0.05, 0) is 68.6 Å². The van der Waals surface area contributed by atoms with Crippen LogP contribution in [-0.4, -0.2) is 43.9 Å². The van der Waals surface area contributed by atoms with Gasteiger partial charge in [0.2, 0.25) is 5.95 Å².